The molecule has 0 saturated heterocycles. The van der Waals surface area contributed by atoms with Crippen LogP contribution in [0.15, 0.2) is 12.4 Å². The highest BCUT2D eigenvalue weighted by atomic mass is 16.3. The Morgan fingerprint density at radius 1 is 1.25 bits per heavy atom. The average Bonchev–Trinajstić information content (AvgIpc) is 2.65. The van der Waals surface area contributed by atoms with Crippen molar-refractivity contribution in [3.8, 4) is 0 Å². The van der Waals surface area contributed by atoms with Crippen LogP contribution in [-0.2, 0) is 13.0 Å². The molecule has 1 rings (SSSR count). The van der Waals surface area contributed by atoms with Gasteiger partial charge in [-0.05, 0) is 19.8 Å². The van der Waals surface area contributed by atoms with Crippen molar-refractivity contribution in [2.75, 3.05) is 0 Å². The van der Waals surface area contributed by atoms with E-state index in [9.17, 15) is 5.11 Å². The Kier molecular flexibility index (Phi) is 5.00. The zero-order valence-electron chi connectivity index (χ0n) is 10.7. The Morgan fingerprint density at radius 3 is 2.38 bits per heavy atom. The van der Waals surface area contributed by atoms with E-state index in [0.717, 1.165) is 38.1 Å². The summed E-state index contributed by atoms with van der Waals surface area (Å²) in [6, 6.07) is 0. The van der Waals surface area contributed by atoms with Gasteiger partial charge in [0.1, 0.15) is 5.82 Å². The second kappa shape index (κ2) is 6.04. The molecule has 0 aliphatic carbocycles. The molecule has 0 amide bonds. The number of aryl methyl sites for hydroxylation is 1. The quantitative estimate of drug-likeness (QED) is 0.773. The van der Waals surface area contributed by atoms with Gasteiger partial charge in [-0.1, -0.05) is 26.7 Å². The fourth-order valence-corrected chi connectivity index (χ4v) is 2.32. The normalized spacial score (nSPS) is 12.0. The third-order valence-corrected chi connectivity index (χ3v) is 3.06. The smallest absolute Gasteiger partial charge is 0.111 e. The molecule has 0 saturated carbocycles. The van der Waals surface area contributed by atoms with Gasteiger partial charge in [0.25, 0.3) is 0 Å². The predicted octanol–water partition coefficient (Wildman–Crippen LogP) is 2.78. The van der Waals surface area contributed by atoms with Crippen molar-refractivity contribution in [3.05, 3.63) is 18.2 Å². The Hall–Kier alpha value is -0.830. The number of imidazole rings is 1. The van der Waals surface area contributed by atoms with Crippen molar-refractivity contribution in [2.45, 2.75) is 65.0 Å². The fourth-order valence-electron chi connectivity index (χ4n) is 2.32. The standard InChI is InChI=1S/C13H24N2O/c1-4-7-13(16,8-5-2)11-12-14-9-10-15(12)6-3/h9-10,16H,4-8,11H2,1-3H3. The maximum atomic E-state index is 10.5. The van der Waals surface area contributed by atoms with Gasteiger partial charge in [0.05, 0.1) is 5.60 Å². The van der Waals surface area contributed by atoms with Gasteiger partial charge in [-0.25, -0.2) is 4.98 Å². The van der Waals surface area contributed by atoms with Gasteiger partial charge < -0.3 is 9.67 Å². The molecule has 0 aromatic carbocycles. The molecule has 0 bridgehead atoms. The molecule has 1 aromatic heterocycles. The molecule has 3 nitrogen and oxygen atoms in total. The molecule has 0 fully saturated rings. The van der Waals surface area contributed by atoms with E-state index in [4.69, 9.17) is 0 Å². The first kappa shape index (κ1) is 13.2. The lowest BCUT2D eigenvalue weighted by Gasteiger charge is -2.27. The van der Waals surface area contributed by atoms with Crippen LogP contribution in [0.2, 0.25) is 0 Å². The SMILES string of the molecule is CCCC(O)(CCC)Cc1nccn1CC. The molecule has 1 N–H and O–H groups in total. The molecule has 1 aromatic rings. The zero-order chi connectivity index (χ0) is 12.0. The van der Waals surface area contributed by atoms with Gasteiger partial charge in [0.2, 0.25) is 0 Å². The van der Waals surface area contributed by atoms with E-state index < -0.39 is 5.60 Å². The van der Waals surface area contributed by atoms with E-state index in [1.807, 2.05) is 12.4 Å². The van der Waals surface area contributed by atoms with Crippen molar-refractivity contribution in [1.82, 2.24) is 9.55 Å². The summed E-state index contributed by atoms with van der Waals surface area (Å²) in [6.07, 6.45) is 8.22. The predicted molar refractivity (Wildman–Crippen MR) is 66.4 cm³/mol. The molecule has 0 radical (unpaired) electrons. The summed E-state index contributed by atoms with van der Waals surface area (Å²) < 4.78 is 2.11. The van der Waals surface area contributed by atoms with E-state index in [-0.39, 0.29) is 0 Å². The van der Waals surface area contributed by atoms with E-state index in [1.165, 1.54) is 0 Å². The largest absolute Gasteiger partial charge is 0.389 e. The highest BCUT2D eigenvalue weighted by Crippen LogP contribution is 2.23. The number of hydrogen-bond donors (Lipinski definition) is 1. The first-order valence-corrected chi connectivity index (χ1v) is 6.37. The van der Waals surface area contributed by atoms with Crippen LogP contribution in [0.3, 0.4) is 0 Å². The van der Waals surface area contributed by atoms with Crippen LogP contribution in [0.5, 0.6) is 0 Å². The van der Waals surface area contributed by atoms with Gasteiger partial charge in [-0.15, -0.1) is 0 Å². The van der Waals surface area contributed by atoms with Gasteiger partial charge >= 0.3 is 0 Å². The summed E-state index contributed by atoms with van der Waals surface area (Å²) >= 11 is 0. The fraction of sp³-hybridized carbons (Fsp3) is 0.769. The second-order valence-corrected chi connectivity index (χ2v) is 4.53. The van der Waals surface area contributed by atoms with Gasteiger partial charge in [0.15, 0.2) is 0 Å². The summed E-state index contributed by atoms with van der Waals surface area (Å²) in [6.45, 7) is 7.26. The third kappa shape index (κ3) is 3.34. The molecule has 16 heavy (non-hydrogen) atoms. The lowest BCUT2D eigenvalue weighted by atomic mass is 9.89. The first-order valence-electron chi connectivity index (χ1n) is 6.37. The third-order valence-electron chi connectivity index (χ3n) is 3.06. The van der Waals surface area contributed by atoms with Crippen LogP contribution in [0.25, 0.3) is 0 Å². The summed E-state index contributed by atoms with van der Waals surface area (Å²) in [5, 5.41) is 10.5. The Bertz CT molecular complexity index is 301. The summed E-state index contributed by atoms with van der Waals surface area (Å²) in [4.78, 5) is 4.34. The van der Waals surface area contributed by atoms with Crippen molar-refractivity contribution in [1.29, 1.82) is 0 Å². The first-order chi connectivity index (χ1) is 7.65. The summed E-state index contributed by atoms with van der Waals surface area (Å²) in [7, 11) is 0. The molecular formula is C13H24N2O. The van der Waals surface area contributed by atoms with E-state index >= 15 is 0 Å². The highest BCUT2D eigenvalue weighted by molar-refractivity contribution is 4.98. The van der Waals surface area contributed by atoms with Crippen molar-refractivity contribution >= 4 is 0 Å². The van der Waals surface area contributed by atoms with E-state index in [2.05, 4.69) is 30.3 Å². The molecule has 3 heteroatoms. The summed E-state index contributed by atoms with van der Waals surface area (Å²) in [5.74, 6) is 1.01. The van der Waals surface area contributed by atoms with Crippen LogP contribution in [0.4, 0.5) is 0 Å². The number of aliphatic hydroxyl groups is 1. The highest BCUT2D eigenvalue weighted by Gasteiger charge is 2.26. The van der Waals surface area contributed by atoms with Crippen LogP contribution >= 0.6 is 0 Å². The molecule has 0 unspecified atom stereocenters. The molecule has 1 heterocycles. The van der Waals surface area contributed by atoms with Gasteiger partial charge in [-0.2, -0.15) is 0 Å². The molecule has 0 aliphatic rings. The second-order valence-electron chi connectivity index (χ2n) is 4.53. The minimum atomic E-state index is -0.568. The lowest BCUT2D eigenvalue weighted by molar-refractivity contribution is 0.0190. The Labute approximate surface area is 98.5 Å². The molecule has 92 valence electrons. The monoisotopic (exact) mass is 224 g/mol. The van der Waals surface area contributed by atoms with Crippen LogP contribution in [-0.4, -0.2) is 20.3 Å². The summed E-state index contributed by atoms with van der Waals surface area (Å²) in [5.41, 5.74) is -0.568. The number of rotatable bonds is 7. The minimum Gasteiger partial charge on any atom is -0.389 e. The van der Waals surface area contributed by atoms with Gasteiger partial charge in [0, 0.05) is 25.4 Å². The zero-order valence-corrected chi connectivity index (χ0v) is 10.7. The number of aromatic nitrogens is 2. The van der Waals surface area contributed by atoms with Crippen molar-refractivity contribution in [3.63, 3.8) is 0 Å². The molecule has 0 spiro atoms. The van der Waals surface area contributed by atoms with Crippen LogP contribution in [0, 0.1) is 0 Å². The minimum absolute atomic E-state index is 0.568. The van der Waals surface area contributed by atoms with E-state index in [0.29, 0.717) is 6.42 Å². The van der Waals surface area contributed by atoms with Crippen molar-refractivity contribution < 1.29 is 5.11 Å². The lowest BCUT2D eigenvalue weighted by Crippen LogP contribution is -2.32. The number of hydrogen-bond acceptors (Lipinski definition) is 2. The molecular weight excluding hydrogens is 200 g/mol. The maximum Gasteiger partial charge on any atom is 0.111 e. The maximum absolute atomic E-state index is 10.5. The molecule has 0 aliphatic heterocycles. The van der Waals surface area contributed by atoms with Crippen LogP contribution in [0.1, 0.15) is 52.3 Å². The number of nitrogens with zero attached hydrogens (tertiary/aromatic N) is 2. The van der Waals surface area contributed by atoms with Gasteiger partial charge in [-0.3, -0.25) is 0 Å². The average molecular weight is 224 g/mol. The van der Waals surface area contributed by atoms with Crippen molar-refractivity contribution in [2.24, 2.45) is 0 Å². The molecule has 0 atom stereocenters. The van der Waals surface area contributed by atoms with Crippen LogP contribution < -0.4 is 0 Å². The Balaban J connectivity index is 2.74. The van der Waals surface area contributed by atoms with E-state index in [1.54, 1.807) is 0 Å². The topological polar surface area (TPSA) is 38.1 Å². The Morgan fingerprint density at radius 2 is 1.88 bits per heavy atom.